The number of allylic oxidation sites excluding steroid dienone is 1. The summed E-state index contributed by atoms with van der Waals surface area (Å²) in [6.45, 7) is 16.7. The topological polar surface area (TPSA) is 140 Å². The summed E-state index contributed by atoms with van der Waals surface area (Å²) < 4.78 is 78.4. The van der Waals surface area contributed by atoms with Crippen molar-refractivity contribution in [3.05, 3.63) is 11.3 Å². The van der Waals surface area contributed by atoms with Crippen LogP contribution in [-0.2, 0) is 61.6 Å². The Hall–Kier alpha value is -0.980. The van der Waals surface area contributed by atoms with Crippen molar-refractivity contribution in [2.24, 2.45) is 44.8 Å². The number of hydrogen-bond donors (Lipinski definition) is 1. The van der Waals surface area contributed by atoms with Crippen LogP contribution in [0, 0.1) is 44.8 Å². The fourth-order valence-electron chi connectivity index (χ4n) is 14.2. The minimum absolute atomic E-state index is 0.0529. The van der Waals surface area contributed by atoms with Crippen molar-refractivity contribution >= 4 is 0 Å². The lowest BCUT2D eigenvalue weighted by atomic mass is 9.41. The van der Waals surface area contributed by atoms with Gasteiger partial charge in [0.1, 0.15) is 76.3 Å². The van der Waals surface area contributed by atoms with E-state index in [1.165, 1.54) is 18.4 Å². The highest BCUT2D eigenvalue weighted by Gasteiger charge is 2.84. The lowest BCUT2D eigenvalue weighted by molar-refractivity contribution is -0.336. The van der Waals surface area contributed by atoms with Gasteiger partial charge >= 0.3 is 0 Å². The third-order valence-corrected chi connectivity index (χ3v) is 16.9. The van der Waals surface area contributed by atoms with Gasteiger partial charge in [-0.25, -0.2) is 0 Å². The average molecular weight is 841 g/mol. The highest BCUT2D eigenvalue weighted by atomic mass is 16.8. The summed E-state index contributed by atoms with van der Waals surface area (Å²) in [5.41, 5.74) is 0.455. The van der Waals surface area contributed by atoms with Crippen molar-refractivity contribution in [2.75, 3.05) is 76.1 Å². The van der Waals surface area contributed by atoms with Gasteiger partial charge in [-0.15, -0.1) is 0 Å². The van der Waals surface area contributed by atoms with Crippen LogP contribution in [0.4, 0.5) is 0 Å². The number of rotatable bonds is 19. The lowest BCUT2D eigenvalue weighted by Gasteiger charge is -2.64. The molecule has 1 N–H and O–H groups in total. The third-order valence-electron chi connectivity index (χ3n) is 16.9. The first kappa shape index (κ1) is 46.0. The minimum Gasteiger partial charge on any atom is -0.489 e. The van der Waals surface area contributed by atoms with Crippen LogP contribution in [0.1, 0.15) is 99.8 Å². The molecule has 2 aliphatic heterocycles. The Morgan fingerprint density at radius 2 is 1.36 bits per heavy atom. The SMILES string of the molecule is COCO[C@@H]1[C@@H](OCOC)[C@H](O[C@H]2CC[C@]34C[C@]35CC[C@]3(C)C6=C(O[C@@H]([C@H](O)C(C)(C)OCOC)C[C@H]6C)[C@H](OCOC)[C@@]3(C)[C@@H]5CC[C@H]4C2(C)C)OC[C@H]1OCOC. The zero-order valence-corrected chi connectivity index (χ0v) is 38.0. The summed E-state index contributed by atoms with van der Waals surface area (Å²) in [4.78, 5) is 0. The van der Waals surface area contributed by atoms with E-state index < -0.39 is 42.4 Å². The van der Waals surface area contributed by atoms with Crippen molar-refractivity contribution in [3.63, 3.8) is 0 Å². The molecule has 5 fully saturated rings. The van der Waals surface area contributed by atoms with Crippen LogP contribution in [0.15, 0.2) is 11.3 Å². The van der Waals surface area contributed by atoms with Gasteiger partial charge < -0.3 is 66.7 Å². The van der Waals surface area contributed by atoms with Crippen LogP contribution in [0.25, 0.3) is 0 Å². The number of aliphatic hydroxyl groups excluding tert-OH is 1. The first-order valence-corrected chi connectivity index (χ1v) is 22.0. The number of ether oxygens (including phenoxy) is 13. The van der Waals surface area contributed by atoms with Crippen molar-refractivity contribution in [2.45, 2.75) is 154 Å². The van der Waals surface area contributed by atoms with E-state index >= 15 is 0 Å². The molecule has 2 heterocycles. The lowest BCUT2D eigenvalue weighted by Crippen LogP contribution is -2.62. The number of aliphatic hydroxyl groups is 1. The zero-order valence-electron chi connectivity index (χ0n) is 38.0. The molecule has 4 saturated carbocycles. The molecule has 340 valence electrons. The van der Waals surface area contributed by atoms with E-state index in [0.29, 0.717) is 18.3 Å². The van der Waals surface area contributed by atoms with Gasteiger partial charge in [0.2, 0.25) is 0 Å². The maximum absolute atomic E-state index is 11.8. The Labute approximate surface area is 352 Å². The highest BCUT2D eigenvalue weighted by Crippen LogP contribution is 2.89. The molecule has 0 aromatic carbocycles. The summed E-state index contributed by atoms with van der Waals surface area (Å²) in [5.74, 6) is 2.04. The standard InChI is InChI=1S/C45H76O14/c1-27-19-28(37(46)41(4,5)57-26-51-12)58-35-33(27)42(6)17-18-45-21-44(45)16-15-32(40(2,3)30(44)13-14-31(45)43(42,7)38(35)56-25-50-11)59-39-36(55-24-49-10)34(54-23-48-9)29(20-52-39)53-22-47-8/h27-32,34,36-39,46H,13-26H2,1-12H3/t27-,28-,29-,30+,31+,32+,34+,36-,37+,38+,39+,42-,43-,44-,45+/m1/s1. The average Bonchev–Trinajstić information content (AvgIpc) is 3.83. The Balaban J connectivity index is 1.13. The molecule has 2 spiro atoms. The molecular weight excluding hydrogens is 764 g/mol. The van der Waals surface area contributed by atoms with E-state index in [0.717, 1.165) is 37.9 Å². The van der Waals surface area contributed by atoms with Gasteiger partial charge in [-0.1, -0.05) is 34.6 Å². The minimum atomic E-state index is -0.861. The smallest absolute Gasteiger partial charge is 0.186 e. The van der Waals surface area contributed by atoms with Gasteiger partial charge in [0.15, 0.2) is 6.29 Å². The second-order valence-electron chi connectivity index (χ2n) is 20.3. The fourth-order valence-corrected chi connectivity index (χ4v) is 14.2. The Bertz CT molecular complexity index is 1470. The predicted octanol–water partition coefficient (Wildman–Crippen LogP) is 6.17. The monoisotopic (exact) mass is 841 g/mol. The zero-order chi connectivity index (χ0) is 42.6. The molecule has 1 saturated heterocycles. The molecule has 7 aliphatic rings. The molecule has 0 unspecified atom stereocenters. The van der Waals surface area contributed by atoms with E-state index in [9.17, 15) is 5.11 Å². The van der Waals surface area contributed by atoms with E-state index in [2.05, 4.69) is 34.6 Å². The molecule has 0 aromatic heterocycles. The van der Waals surface area contributed by atoms with Gasteiger partial charge in [-0.05, 0) is 105 Å². The molecule has 0 bridgehead atoms. The Kier molecular flexibility index (Phi) is 13.7. The Morgan fingerprint density at radius 3 is 2.03 bits per heavy atom. The second kappa shape index (κ2) is 17.5. The van der Waals surface area contributed by atoms with Gasteiger partial charge in [0.25, 0.3) is 0 Å². The number of hydrogen-bond acceptors (Lipinski definition) is 14. The fraction of sp³-hybridized carbons (Fsp3) is 0.956. The number of fused-ring (bicyclic) bond motifs is 3. The van der Waals surface area contributed by atoms with Crippen LogP contribution < -0.4 is 0 Å². The summed E-state index contributed by atoms with van der Waals surface area (Å²) in [7, 11) is 8.07. The van der Waals surface area contributed by atoms with Crippen LogP contribution in [-0.4, -0.2) is 136 Å². The molecular formula is C45H76O14. The molecule has 5 aliphatic carbocycles. The van der Waals surface area contributed by atoms with E-state index in [-0.39, 0.29) is 85.8 Å². The molecule has 0 amide bonds. The van der Waals surface area contributed by atoms with Crippen LogP contribution in [0.3, 0.4) is 0 Å². The van der Waals surface area contributed by atoms with E-state index in [4.69, 9.17) is 61.6 Å². The maximum atomic E-state index is 11.8. The summed E-state index contributed by atoms with van der Waals surface area (Å²) in [6, 6.07) is 0. The predicted molar refractivity (Wildman–Crippen MR) is 214 cm³/mol. The summed E-state index contributed by atoms with van der Waals surface area (Å²) >= 11 is 0. The van der Waals surface area contributed by atoms with Gasteiger partial charge in [0, 0.05) is 46.4 Å². The molecule has 14 heteroatoms. The van der Waals surface area contributed by atoms with E-state index in [1.807, 2.05) is 13.8 Å². The second-order valence-corrected chi connectivity index (χ2v) is 20.3. The van der Waals surface area contributed by atoms with Crippen LogP contribution >= 0.6 is 0 Å². The molecule has 59 heavy (non-hydrogen) atoms. The first-order chi connectivity index (χ1) is 28.1. The highest BCUT2D eigenvalue weighted by molar-refractivity contribution is 5.43. The summed E-state index contributed by atoms with van der Waals surface area (Å²) in [5, 5.41) is 11.8. The van der Waals surface area contributed by atoms with Crippen molar-refractivity contribution < 1.29 is 66.7 Å². The van der Waals surface area contributed by atoms with Crippen molar-refractivity contribution in [3.8, 4) is 0 Å². The normalized spacial score (nSPS) is 44.2. The Morgan fingerprint density at radius 1 is 0.746 bits per heavy atom. The van der Waals surface area contributed by atoms with Gasteiger partial charge in [-0.2, -0.15) is 0 Å². The quantitative estimate of drug-likeness (QED) is 0.117. The van der Waals surface area contributed by atoms with Crippen LogP contribution in [0.5, 0.6) is 0 Å². The van der Waals surface area contributed by atoms with Crippen LogP contribution in [0.2, 0.25) is 0 Å². The largest absolute Gasteiger partial charge is 0.489 e. The molecule has 15 atom stereocenters. The number of methoxy groups -OCH3 is 5. The van der Waals surface area contributed by atoms with Gasteiger partial charge in [0.05, 0.1) is 18.3 Å². The third kappa shape index (κ3) is 7.37. The van der Waals surface area contributed by atoms with Crippen molar-refractivity contribution in [1.82, 2.24) is 0 Å². The van der Waals surface area contributed by atoms with E-state index in [1.54, 1.807) is 35.5 Å². The molecule has 14 nitrogen and oxygen atoms in total. The molecule has 0 aromatic rings. The molecule has 0 radical (unpaired) electrons. The summed E-state index contributed by atoms with van der Waals surface area (Å²) in [6.07, 6.45) is 4.56. The molecule has 7 rings (SSSR count). The first-order valence-electron chi connectivity index (χ1n) is 22.0. The van der Waals surface area contributed by atoms with Crippen molar-refractivity contribution in [1.29, 1.82) is 0 Å². The van der Waals surface area contributed by atoms with Gasteiger partial charge in [-0.3, -0.25) is 0 Å². The maximum Gasteiger partial charge on any atom is 0.186 e.